The van der Waals surface area contributed by atoms with Crippen molar-refractivity contribution in [1.29, 1.82) is 0 Å². The lowest BCUT2D eigenvalue weighted by Gasteiger charge is -2.26. The molecule has 1 aliphatic carbocycles. The average Bonchev–Trinajstić information content (AvgIpc) is 2.88. The summed E-state index contributed by atoms with van der Waals surface area (Å²) in [4.78, 5) is 12.1. The first kappa shape index (κ1) is 14.3. The molecule has 1 aromatic rings. The van der Waals surface area contributed by atoms with Gasteiger partial charge in [0.15, 0.2) is 0 Å². The van der Waals surface area contributed by atoms with Crippen molar-refractivity contribution in [1.82, 2.24) is 5.32 Å². The van der Waals surface area contributed by atoms with Crippen molar-refractivity contribution < 1.29 is 15.0 Å². The number of hydrogen-bond donors (Lipinski definition) is 3. The molecule has 1 amide bonds. The molecule has 4 nitrogen and oxygen atoms in total. The quantitative estimate of drug-likeness (QED) is 0.795. The summed E-state index contributed by atoms with van der Waals surface area (Å²) < 4.78 is 0.744. The van der Waals surface area contributed by atoms with E-state index in [1.807, 2.05) is 0 Å². The first-order chi connectivity index (χ1) is 9.06. The van der Waals surface area contributed by atoms with Crippen molar-refractivity contribution in [2.75, 3.05) is 13.2 Å². The number of aliphatic hydroxyl groups is 1. The second-order valence-corrected chi connectivity index (χ2v) is 6.13. The molecule has 0 saturated heterocycles. The molecule has 0 bridgehead atoms. The molecule has 0 unspecified atom stereocenters. The van der Waals surface area contributed by atoms with Crippen molar-refractivity contribution in [3.8, 4) is 5.75 Å². The number of hydrogen-bond acceptors (Lipinski definition) is 3. The molecule has 1 aliphatic rings. The van der Waals surface area contributed by atoms with Crippen LogP contribution in [0.3, 0.4) is 0 Å². The SMILES string of the molecule is O=C(NCC1(CO)CCCC1)c1cc(Br)ccc1O. The van der Waals surface area contributed by atoms with Crippen LogP contribution in [-0.2, 0) is 0 Å². The number of phenolic OH excluding ortho intramolecular Hbond substituents is 1. The molecule has 104 valence electrons. The Morgan fingerprint density at radius 3 is 2.68 bits per heavy atom. The van der Waals surface area contributed by atoms with Crippen LogP contribution < -0.4 is 5.32 Å². The summed E-state index contributed by atoms with van der Waals surface area (Å²) >= 11 is 3.28. The number of aromatic hydroxyl groups is 1. The molecule has 0 spiro atoms. The fourth-order valence-corrected chi connectivity index (χ4v) is 2.93. The lowest BCUT2D eigenvalue weighted by atomic mass is 9.87. The zero-order valence-corrected chi connectivity index (χ0v) is 12.2. The van der Waals surface area contributed by atoms with Crippen molar-refractivity contribution in [3.05, 3.63) is 28.2 Å². The molecule has 1 fully saturated rings. The van der Waals surface area contributed by atoms with Crippen LogP contribution in [0.25, 0.3) is 0 Å². The number of carbonyl (C=O) groups excluding carboxylic acids is 1. The molecule has 0 radical (unpaired) electrons. The number of nitrogens with one attached hydrogen (secondary N) is 1. The summed E-state index contributed by atoms with van der Waals surface area (Å²) in [5.74, 6) is -0.344. The monoisotopic (exact) mass is 327 g/mol. The smallest absolute Gasteiger partial charge is 0.255 e. The number of aliphatic hydroxyl groups excluding tert-OH is 1. The van der Waals surface area contributed by atoms with Crippen molar-refractivity contribution in [3.63, 3.8) is 0 Å². The fourth-order valence-electron chi connectivity index (χ4n) is 2.57. The van der Waals surface area contributed by atoms with E-state index in [-0.39, 0.29) is 29.2 Å². The molecule has 0 heterocycles. The number of amides is 1. The first-order valence-electron chi connectivity index (χ1n) is 6.44. The molecular weight excluding hydrogens is 310 g/mol. The van der Waals surface area contributed by atoms with Crippen molar-refractivity contribution in [2.45, 2.75) is 25.7 Å². The number of rotatable bonds is 4. The van der Waals surface area contributed by atoms with E-state index in [0.29, 0.717) is 6.54 Å². The van der Waals surface area contributed by atoms with Gasteiger partial charge in [-0.25, -0.2) is 0 Å². The van der Waals surface area contributed by atoms with Gasteiger partial charge < -0.3 is 15.5 Å². The summed E-state index contributed by atoms with van der Waals surface area (Å²) in [5, 5.41) is 22.0. The van der Waals surface area contributed by atoms with E-state index in [9.17, 15) is 15.0 Å². The molecule has 0 atom stereocenters. The summed E-state index contributed by atoms with van der Waals surface area (Å²) in [6.07, 6.45) is 4.07. The molecule has 5 heteroatoms. The third-order valence-electron chi connectivity index (χ3n) is 3.83. The number of carbonyl (C=O) groups is 1. The van der Waals surface area contributed by atoms with Crippen molar-refractivity contribution >= 4 is 21.8 Å². The maximum atomic E-state index is 12.1. The Hall–Kier alpha value is -1.07. The fraction of sp³-hybridized carbons (Fsp3) is 0.500. The van der Waals surface area contributed by atoms with E-state index in [1.54, 1.807) is 12.1 Å². The Morgan fingerprint density at radius 1 is 1.37 bits per heavy atom. The van der Waals surface area contributed by atoms with Crippen LogP contribution in [0.2, 0.25) is 0 Å². The molecule has 1 saturated carbocycles. The first-order valence-corrected chi connectivity index (χ1v) is 7.23. The lowest BCUT2D eigenvalue weighted by Crippen LogP contribution is -2.38. The standard InChI is InChI=1S/C14H18BrNO3/c15-10-3-4-12(18)11(7-10)13(19)16-8-14(9-17)5-1-2-6-14/h3-4,7,17-18H,1-2,5-6,8-9H2,(H,16,19). The van der Waals surface area contributed by atoms with E-state index < -0.39 is 0 Å². The molecule has 0 aliphatic heterocycles. The maximum Gasteiger partial charge on any atom is 0.255 e. The number of benzene rings is 1. The Balaban J connectivity index is 2.03. The van der Waals surface area contributed by atoms with E-state index in [4.69, 9.17) is 0 Å². The highest BCUT2D eigenvalue weighted by atomic mass is 79.9. The summed E-state index contributed by atoms with van der Waals surface area (Å²) in [6.45, 7) is 0.548. The molecule has 2 rings (SSSR count). The predicted octanol–water partition coefficient (Wildman–Crippen LogP) is 2.44. The number of phenols is 1. The van der Waals surface area contributed by atoms with Crippen LogP contribution >= 0.6 is 15.9 Å². The van der Waals surface area contributed by atoms with E-state index in [1.165, 1.54) is 6.07 Å². The van der Waals surface area contributed by atoms with Crippen LogP contribution in [0.15, 0.2) is 22.7 Å². The Bertz CT molecular complexity index is 470. The van der Waals surface area contributed by atoms with Crippen LogP contribution in [0, 0.1) is 5.41 Å². The minimum Gasteiger partial charge on any atom is -0.507 e. The van der Waals surface area contributed by atoms with Gasteiger partial charge in [0, 0.05) is 16.4 Å². The molecule has 3 N–H and O–H groups in total. The summed E-state index contributed by atoms with van der Waals surface area (Å²) in [5.41, 5.74) is 0.0672. The highest BCUT2D eigenvalue weighted by molar-refractivity contribution is 9.10. The zero-order valence-electron chi connectivity index (χ0n) is 10.7. The molecule has 19 heavy (non-hydrogen) atoms. The lowest BCUT2D eigenvalue weighted by molar-refractivity contribution is 0.0878. The van der Waals surface area contributed by atoms with Gasteiger partial charge >= 0.3 is 0 Å². The Morgan fingerprint density at radius 2 is 2.05 bits per heavy atom. The maximum absolute atomic E-state index is 12.1. The third kappa shape index (κ3) is 3.28. The van der Waals surface area contributed by atoms with Gasteiger partial charge in [0.25, 0.3) is 5.91 Å². The third-order valence-corrected chi connectivity index (χ3v) is 4.32. The van der Waals surface area contributed by atoms with Crippen LogP contribution in [0.5, 0.6) is 5.75 Å². The highest BCUT2D eigenvalue weighted by Gasteiger charge is 2.33. The predicted molar refractivity (Wildman–Crippen MR) is 76.1 cm³/mol. The average molecular weight is 328 g/mol. The topological polar surface area (TPSA) is 69.6 Å². The van der Waals surface area contributed by atoms with Gasteiger partial charge in [-0.3, -0.25) is 4.79 Å². The van der Waals surface area contributed by atoms with Crippen LogP contribution in [0.1, 0.15) is 36.0 Å². The van der Waals surface area contributed by atoms with Crippen LogP contribution in [-0.4, -0.2) is 29.3 Å². The van der Waals surface area contributed by atoms with Crippen molar-refractivity contribution in [2.24, 2.45) is 5.41 Å². The highest BCUT2D eigenvalue weighted by Crippen LogP contribution is 2.37. The number of halogens is 1. The molecule has 1 aromatic carbocycles. The van der Waals surface area contributed by atoms with Gasteiger partial charge in [-0.15, -0.1) is 0 Å². The molecular formula is C14H18BrNO3. The second kappa shape index (κ2) is 5.92. The largest absolute Gasteiger partial charge is 0.507 e. The Labute approximate surface area is 121 Å². The van der Waals surface area contributed by atoms with E-state index in [0.717, 1.165) is 30.2 Å². The second-order valence-electron chi connectivity index (χ2n) is 5.21. The van der Waals surface area contributed by atoms with Gasteiger partial charge in [-0.1, -0.05) is 28.8 Å². The minimum atomic E-state index is -0.307. The van der Waals surface area contributed by atoms with Gasteiger partial charge in [-0.05, 0) is 31.0 Å². The summed E-state index contributed by atoms with van der Waals surface area (Å²) in [6, 6.07) is 4.75. The van der Waals surface area contributed by atoms with Gasteiger partial charge in [0.2, 0.25) is 0 Å². The van der Waals surface area contributed by atoms with E-state index in [2.05, 4.69) is 21.2 Å². The summed E-state index contributed by atoms with van der Waals surface area (Å²) in [7, 11) is 0. The minimum absolute atomic E-state index is 0.0369. The molecule has 0 aromatic heterocycles. The van der Waals surface area contributed by atoms with Gasteiger partial charge in [0.1, 0.15) is 5.75 Å². The van der Waals surface area contributed by atoms with Crippen LogP contribution in [0.4, 0.5) is 0 Å². The zero-order chi connectivity index (χ0) is 13.9. The van der Waals surface area contributed by atoms with Gasteiger partial charge in [0.05, 0.1) is 12.2 Å². The van der Waals surface area contributed by atoms with E-state index >= 15 is 0 Å². The Kier molecular flexibility index (Phi) is 4.47. The van der Waals surface area contributed by atoms with Gasteiger partial charge in [-0.2, -0.15) is 0 Å². The normalized spacial score (nSPS) is 17.4.